The summed E-state index contributed by atoms with van der Waals surface area (Å²) < 4.78 is 38.9. The van der Waals surface area contributed by atoms with Gasteiger partial charge >= 0.3 is 0 Å². The molecule has 0 saturated heterocycles. The average molecular weight is 404 g/mol. The summed E-state index contributed by atoms with van der Waals surface area (Å²) in [4.78, 5) is 0. The molecule has 3 rings (SSSR count). The van der Waals surface area contributed by atoms with Crippen LogP contribution in [0.5, 0.6) is 28.7 Å². The number of hydrogen-bond acceptors (Lipinski definition) is 7. The molecular formula is C22H28O7. The molecule has 0 radical (unpaired) electrons. The fraction of sp³-hybridized carbons (Fsp3) is 0.455. The number of benzene rings is 2. The van der Waals surface area contributed by atoms with Crippen LogP contribution in [0.25, 0.3) is 0 Å². The quantitative estimate of drug-likeness (QED) is 0.597. The Balaban J connectivity index is 1.81. The lowest BCUT2D eigenvalue weighted by molar-refractivity contribution is 0.0217. The molecule has 0 bridgehead atoms. The highest BCUT2D eigenvalue weighted by atomic mass is 16.7. The molecule has 0 saturated carbocycles. The minimum Gasteiger partial charge on any atom is -0.497 e. The zero-order chi connectivity index (χ0) is 20.8. The van der Waals surface area contributed by atoms with Crippen molar-refractivity contribution in [1.29, 1.82) is 0 Å². The highest BCUT2D eigenvalue weighted by molar-refractivity contribution is 5.64. The van der Waals surface area contributed by atoms with Crippen LogP contribution in [0.3, 0.4) is 0 Å². The van der Waals surface area contributed by atoms with Gasteiger partial charge in [-0.1, -0.05) is 12.1 Å². The number of fused-ring (bicyclic) bond motifs is 1. The molecule has 0 aromatic heterocycles. The van der Waals surface area contributed by atoms with Crippen LogP contribution in [0.2, 0.25) is 0 Å². The second-order valence-corrected chi connectivity index (χ2v) is 6.63. The third-order valence-electron chi connectivity index (χ3n) is 5.09. The molecule has 7 heteroatoms. The van der Waals surface area contributed by atoms with Crippen LogP contribution in [0.4, 0.5) is 0 Å². The summed E-state index contributed by atoms with van der Waals surface area (Å²) in [7, 11) is 8.26. The minimum atomic E-state index is -0.118. The van der Waals surface area contributed by atoms with Gasteiger partial charge in [-0.15, -0.1) is 0 Å². The van der Waals surface area contributed by atoms with E-state index >= 15 is 0 Å². The summed E-state index contributed by atoms with van der Waals surface area (Å²) >= 11 is 0. The lowest BCUT2D eigenvalue weighted by Gasteiger charge is -2.23. The van der Waals surface area contributed by atoms with E-state index in [2.05, 4.69) is 0 Å². The van der Waals surface area contributed by atoms with E-state index < -0.39 is 0 Å². The van der Waals surface area contributed by atoms with Crippen molar-refractivity contribution in [3.8, 4) is 28.7 Å². The molecule has 29 heavy (non-hydrogen) atoms. The second kappa shape index (κ2) is 9.71. The third-order valence-corrected chi connectivity index (χ3v) is 5.09. The van der Waals surface area contributed by atoms with Crippen LogP contribution in [0, 0.1) is 0 Å². The van der Waals surface area contributed by atoms with Crippen LogP contribution in [0.15, 0.2) is 30.3 Å². The Morgan fingerprint density at radius 3 is 2.17 bits per heavy atom. The number of hydrogen-bond donors (Lipinski definition) is 0. The first-order valence-corrected chi connectivity index (χ1v) is 9.38. The normalized spacial score (nSPS) is 14.4. The van der Waals surface area contributed by atoms with E-state index in [1.807, 2.05) is 30.3 Å². The third kappa shape index (κ3) is 4.52. The van der Waals surface area contributed by atoms with Gasteiger partial charge in [0.15, 0.2) is 11.5 Å². The molecule has 0 aliphatic carbocycles. The van der Waals surface area contributed by atoms with Gasteiger partial charge in [-0.2, -0.15) is 0 Å². The molecule has 0 spiro atoms. The fourth-order valence-electron chi connectivity index (χ4n) is 3.53. The molecule has 158 valence electrons. The minimum absolute atomic E-state index is 0.110. The molecular weight excluding hydrogens is 376 g/mol. The number of rotatable bonds is 10. The van der Waals surface area contributed by atoms with Gasteiger partial charge < -0.3 is 33.2 Å². The van der Waals surface area contributed by atoms with E-state index in [-0.39, 0.29) is 19.0 Å². The molecule has 2 aromatic rings. The first kappa shape index (κ1) is 21.1. The smallest absolute Gasteiger partial charge is 0.231 e. The van der Waals surface area contributed by atoms with Crippen LogP contribution < -0.4 is 23.7 Å². The lowest BCUT2D eigenvalue weighted by Crippen LogP contribution is -2.19. The molecule has 0 N–H and O–H groups in total. The number of ether oxygens (including phenoxy) is 7. The molecule has 2 atom stereocenters. The van der Waals surface area contributed by atoms with E-state index in [1.54, 1.807) is 35.5 Å². The molecule has 1 heterocycles. The van der Waals surface area contributed by atoms with Gasteiger partial charge in [0.2, 0.25) is 18.3 Å². The standard InChI is InChI=1S/C22H28O7/c1-23-16-8-6-14(7-9-16)18(25-3)12-17(24-2)10-15-11-19(26-4)21-22(20(15)27-5)29-13-28-21/h6-9,11,17-18H,10,12-13H2,1-5H3/t17-,18-/m0/s1. The Bertz CT molecular complexity index is 804. The van der Waals surface area contributed by atoms with Crippen LogP contribution in [0.1, 0.15) is 23.7 Å². The van der Waals surface area contributed by atoms with Gasteiger partial charge in [-0.25, -0.2) is 0 Å². The highest BCUT2D eigenvalue weighted by Gasteiger charge is 2.29. The van der Waals surface area contributed by atoms with Gasteiger partial charge in [-0.05, 0) is 23.8 Å². The maximum Gasteiger partial charge on any atom is 0.231 e. The molecule has 1 aliphatic heterocycles. The average Bonchev–Trinajstić information content (AvgIpc) is 3.25. The van der Waals surface area contributed by atoms with E-state index in [0.29, 0.717) is 35.8 Å². The molecule has 0 unspecified atom stereocenters. The Morgan fingerprint density at radius 1 is 0.862 bits per heavy atom. The van der Waals surface area contributed by atoms with Crippen molar-refractivity contribution in [3.05, 3.63) is 41.5 Å². The van der Waals surface area contributed by atoms with E-state index in [4.69, 9.17) is 33.2 Å². The van der Waals surface area contributed by atoms with Crippen LogP contribution >= 0.6 is 0 Å². The van der Waals surface area contributed by atoms with Crippen molar-refractivity contribution in [1.82, 2.24) is 0 Å². The summed E-state index contributed by atoms with van der Waals surface area (Å²) in [6, 6.07) is 9.77. The van der Waals surface area contributed by atoms with Gasteiger partial charge in [-0.3, -0.25) is 0 Å². The molecule has 7 nitrogen and oxygen atoms in total. The Kier molecular flexibility index (Phi) is 7.06. The molecule has 1 aliphatic rings. The predicted molar refractivity (Wildman–Crippen MR) is 108 cm³/mol. The monoisotopic (exact) mass is 404 g/mol. The van der Waals surface area contributed by atoms with Crippen molar-refractivity contribution in [3.63, 3.8) is 0 Å². The van der Waals surface area contributed by atoms with Crippen LogP contribution in [-0.4, -0.2) is 48.4 Å². The zero-order valence-electron chi connectivity index (χ0n) is 17.5. The first-order chi connectivity index (χ1) is 14.1. The van der Waals surface area contributed by atoms with E-state index in [1.165, 1.54) is 0 Å². The summed E-state index contributed by atoms with van der Waals surface area (Å²) in [5.41, 5.74) is 1.98. The Hall–Kier alpha value is -2.64. The largest absolute Gasteiger partial charge is 0.497 e. The van der Waals surface area contributed by atoms with Gasteiger partial charge in [0, 0.05) is 32.6 Å². The topological polar surface area (TPSA) is 64.6 Å². The van der Waals surface area contributed by atoms with Crippen molar-refractivity contribution in [2.24, 2.45) is 0 Å². The SMILES string of the molecule is COc1ccc([C@H](C[C@H](Cc2cc(OC)c3c(c2OC)OCO3)OC)OC)cc1. The van der Waals surface area contributed by atoms with Crippen molar-refractivity contribution in [2.75, 3.05) is 42.3 Å². The summed E-state index contributed by atoms with van der Waals surface area (Å²) in [6.45, 7) is 0.141. The Morgan fingerprint density at radius 2 is 1.59 bits per heavy atom. The van der Waals surface area contributed by atoms with Gasteiger partial charge in [0.1, 0.15) is 5.75 Å². The second-order valence-electron chi connectivity index (χ2n) is 6.63. The van der Waals surface area contributed by atoms with Gasteiger partial charge in [0.25, 0.3) is 0 Å². The lowest BCUT2D eigenvalue weighted by atomic mass is 9.97. The molecule has 0 fully saturated rings. The van der Waals surface area contributed by atoms with Crippen molar-refractivity contribution in [2.45, 2.75) is 25.0 Å². The van der Waals surface area contributed by atoms with Crippen LogP contribution in [-0.2, 0) is 15.9 Å². The summed E-state index contributed by atoms with van der Waals surface area (Å²) in [6.07, 6.45) is 1.04. The summed E-state index contributed by atoms with van der Waals surface area (Å²) in [5, 5.41) is 0. The highest BCUT2D eigenvalue weighted by Crippen LogP contribution is 2.50. The number of methoxy groups -OCH3 is 5. The molecule has 0 amide bonds. The fourth-order valence-corrected chi connectivity index (χ4v) is 3.53. The first-order valence-electron chi connectivity index (χ1n) is 9.38. The van der Waals surface area contributed by atoms with E-state index in [9.17, 15) is 0 Å². The Labute approximate surface area is 171 Å². The maximum atomic E-state index is 5.77. The predicted octanol–water partition coefficient (Wildman–Crippen LogP) is 3.78. The van der Waals surface area contributed by atoms with E-state index in [0.717, 1.165) is 16.9 Å². The maximum absolute atomic E-state index is 5.77. The summed E-state index contributed by atoms with van der Waals surface area (Å²) in [5.74, 6) is 3.19. The van der Waals surface area contributed by atoms with Crippen molar-refractivity contribution < 1.29 is 33.2 Å². The molecule has 2 aromatic carbocycles. The van der Waals surface area contributed by atoms with Gasteiger partial charge in [0.05, 0.1) is 33.5 Å². The van der Waals surface area contributed by atoms with Crippen molar-refractivity contribution >= 4 is 0 Å². The zero-order valence-corrected chi connectivity index (χ0v) is 17.5.